The fourth-order valence-corrected chi connectivity index (χ4v) is 2.76. The lowest BCUT2D eigenvalue weighted by Gasteiger charge is -2.17. The molecule has 0 saturated carbocycles. The number of aromatic hydroxyl groups is 1. The topological polar surface area (TPSA) is 46.2 Å². The smallest absolute Gasteiger partial charge is 0.140 e. The van der Waals surface area contributed by atoms with E-state index in [9.17, 15) is 5.11 Å². The molecule has 0 aliphatic rings. The third kappa shape index (κ3) is 2.50. The molecule has 0 aliphatic heterocycles. The molecule has 2 aromatic carbocycles. The molecule has 0 heterocycles. The standard InChI is InChI=1S/C13H10BrCl2NO/c14-8-6-9(15)13(18)10(11(8)16)12(17)7-4-2-1-3-5-7/h1-6,12,18H,17H2. The van der Waals surface area contributed by atoms with Gasteiger partial charge in [0.05, 0.1) is 16.1 Å². The van der Waals surface area contributed by atoms with Crippen molar-refractivity contribution in [1.29, 1.82) is 0 Å². The average molecular weight is 347 g/mol. The van der Waals surface area contributed by atoms with Crippen LogP contribution >= 0.6 is 39.1 Å². The van der Waals surface area contributed by atoms with E-state index in [0.29, 0.717) is 15.1 Å². The number of hydrogen-bond donors (Lipinski definition) is 2. The highest BCUT2D eigenvalue weighted by Crippen LogP contribution is 2.42. The molecular formula is C13H10BrCl2NO. The lowest BCUT2D eigenvalue weighted by molar-refractivity contribution is 0.465. The molecular weight excluding hydrogens is 337 g/mol. The Morgan fingerprint density at radius 3 is 2.39 bits per heavy atom. The summed E-state index contributed by atoms with van der Waals surface area (Å²) in [5.41, 5.74) is 7.40. The van der Waals surface area contributed by atoms with Crippen molar-refractivity contribution >= 4 is 39.1 Å². The van der Waals surface area contributed by atoms with E-state index in [1.165, 1.54) is 0 Å². The first kappa shape index (κ1) is 13.7. The molecule has 0 spiro atoms. The molecule has 2 aromatic rings. The minimum absolute atomic E-state index is 0.0822. The van der Waals surface area contributed by atoms with E-state index in [0.717, 1.165) is 5.56 Å². The Hall–Kier alpha value is -0.740. The first-order valence-electron chi connectivity index (χ1n) is 5.19. The van der Waals surface area contributed by atoms with E-state index >= 15 is 0 Å². The number of halogens is 3. The minimum Gasteiger partial charge on any atom is -0.506 e. The van der Waals surface area contributed by atoms with Gasteiger partial charge >= 0.3 is 0 Å². The van der Waals surface area contributed by atoms with Gasteiger partial charge < -0.3 is 10.8 Å². The van der Waals surface area contributed by atoms with Crippen LogP contribution in [0.3, 0.4) is 0 Å². The Kier molecular flexibility index (Phi) is 4.17. The predicted molar refractivity (Wildman–Crippen MR) is 78.3 cm³/mol. The molecule has 0 bridgehead atoms. The summed E-state index contributed by atoms with van der Waals surface area (Å²) < 4.78 is 0.605. The maximum Gasteiger partial charge on any atom is 0.140 e. The fraction of sp³-hybridized carbons (Fsp3) is 0.0769. The van der Waals surface area contributed by atoms with Crippen LogP contribution in [0, 0.1) is 0 Å². The first-order chi connectivity index (χ1) is 8.52. The van der Waals surface area contributed by atoms with Crippen LogP contribution in [0.2, 0.25) is 10.0 Å². The van der Waals surface area contributed by atoms with Crippen LogP contribution in [0.4, 0.5) is 0 Å². The predicted octanol–water partition coefficient (Wildman–Crippen LogP) is 4.51. The minimum atomic E-state index is -0.534. The van der Waals surface area contributed by atoms with E-state index in [1.807, 2.05) is 30.3 Å². The molecule has 2 nitrogen and oxygen atoms in total. The Balaban J connectivity index is 2.58. The maximum atomic E-state index is 10.0. The van der Waals surface area contributed by atoms with Crippen LogP contribution in [0.5, 0.6) is 5.75 Å². The van der Waals surface area contributed by atoms with E-state index < -0.39 is 6.04 Å². The van der Waals surface area contributed by atoms with Gasteiger partial charge in [-0.25, -0.2) is 0 Å². The molecule has 18 heavy (non-hydrogen) atoms. The lowest BCUT2D eigenvalue weighted by Crippen LogP contribution is -2.12. The van der Waals surface area contributed by atoms with E-state index in [4.69, 9.17) is 28.9 Å². The highest BCUT2D eigenvalue weighted by atomic mass is 79.9. The second kappa shape index (κ2) is 5.49. The molecule has 5 heteroatoms. The molecule has 3 N–H and O–H groups in total. The van der Waals surface area contributed by atoms with Gasteiger partial charge in [-0.1, -0.05) is 53.5 Å². The van der Waals surface area contributed by atoms with Crippen molar-refractivity contribution in [3.05, 3.63) is 62.0 Å². The molecule has 1 atom stereocenters. The van der Waals surface area contributed by atoms with Crippen LogP contribution in [-0.4, -0.2) is 5.11 Å². The number of phenols is 1. The SMILES string of the molecule is NC(c1ccccc1)c1c(O)c(Cl)cc(Br)c1Cl. The largest absolute Gasteiger partial charge is 0.506 e. The summed E-state index contributed by atoms with van der Waals surface area (Å²) in [4.78, 5) is 0. The van der Waals surface area contributed by atoms with E-state index in [2.05, 4.69) is 15.9 Å². The van der Waals surface area contributed by atoms with Crippen LogP contribution in [0.1, 0.15) is 17.2 Å². The van der Waals surface area contributed by atoms with Gasteiger partial charge in [0.25, 0.3) is 0 Å². The zero-order chi connectivity index (χ0) is 13.3. The quantitative estimate of drug-likeness (QED) is 0.786. The molecule has 0 saturated heterocycles. The Labute approximate surface area is 123 Å². The van der Waals surface area contributed by atoms with Crippen LogP contribution in [0.25, 0.3) is 0 Å². The molecule has 0 radical (unpaired) electrons. The summed E-state index contributed by atoms with van der Waals surface area (Å²) in [5.74, 6) is -0.0822. The summed E-state index contributed by atoms with van der Waals surface area (Å²) in [6.45, 7) is 0. The third-order valence-electron chi connectivity index (χ3n) is 2.65. The lowest BCUT2D eigenvalue weighted by atomic mass is 9.99. The van der Waals surface area contributed by atoms with Crippen LogP contribution in [0.15, 0.2) is 40.9 Å². The van der Waals surface area contributed by atoms with Crippen molar-refractivity contribution in [3.8, 4) is 5.75 Å². The summed E-state index contributed by atoms with van der Waals surface area (Å²) in [6.07, 6.45) is 0. The summed E-state index contributed by atoms with van der Waals surface area (Å²) in [7, 11) is 0. The maximum absolute atomic E-state index is 10.0. The second-order valence-corrected chi connectivity index (χ2v) is 5.44. The Morgan fingerprint density at radius 2 is 1.78 bits per heavy atom. The highest BCUT2D eigenvalue weighted by molar-refractivity contribution is 9.10. The van der Waals surface area contributed by atoms with Crippen molar-refractivity contribution in [2.24, 2.45) is 5.73 Å². The van der Waals surface area contributed by atoms with Gasteiger partial charge in [0.1, 0.15) is 5.75 Å². The molecule has 0 fully saturated rings. The Morgan fingerprint density at radius 1 is 1.17 bits per heavy atom. The molecule has 0 aromatic heterocycles. The summed E-state index contributed by atoms with van der Waals surface area (Å²) in [5, 5.41) is 10.6. The zero-order valence-corrected chi connectivity index (χ0v) is 12.3. The average Bonchev–Trinajstić information content (AvgIpc) is 2.37. The summed E-state index contributed by atoms with van der Waals surface area (Å²) >= 11 is 15.4. The number of nitrogens with two attached hydrogens (primary N) is 1. The van der Waals surface area contributed by atoms with Crippen LogP contribution < -0.4 is 5.73 Å². The molecule has 1 unspecified atom stereocenters. The molecule has 0 aliphatic carbocycles. The van der Waals surface area contributed by atoms with Crippen molar-refractivity contribution in [3.63, 3.8) is 0 Å². The van der Waals surface area contributed by atoms with Crippen molar-refractivity contribution in [1.82, 2.24) is 0 Å². The fourth-order valence-electron chi connectivity index (χ4n) is 1.72. The number of hydrogen-bond acceptors (Lipinski definition) is 2. The normalized spacial score (nSPS) is 12.4. The number of phenolic OH excluding ortho intramolecular Hbond substituents is 1. The number of rotatable bonds is 2. The highest BCUT2D eigenvalue weighted by Gasteiger charge is 2.21. The second-order valence-electron chi connectivity index (χ2n) is 3.80. The van der Waals surface area contributed by atoms with Crippen molar-refractivity contribution in [2.45, 2.75) is 6.04 Å². The van der Waals surface area contributed by atoms with Crippen molar-refractivity contribution < 1.29 is 5.11 Å². The van der Waals surface area contributed by atoms with Gasteiger partial charge in [0.2, 0.25) is 0 Å². The van der Waals surface area contributed by atoms with Gasteiger partial charge in [-0.3, -0.25) is 0 Å². The van der Waals surface area contributed by atoms with Crippen LogP contribution in [-0.2, 0) is 0 Å². The monoisotopic (exact) mass is 345 g/mol. The van der Waals surface area contributed by atoms with Gasteiger partial charge in [-0.2, -0.15) is 0 Å². The van der Waals surface area contributed by atoms with Gasteiger partial charge in [-0.05, 0) is 27.6 Å². The molecule has 0 amide bonds. The summed E-state index contributed by atoms with van der Waals surface area (Å²) in [6, 6.07) is 10.4. The van der Waals surface area contributed by atoms with Crippen molar-refractivity contribution in [2.75, 3.05) is 0 Å². The van der Waals surface area contributed by atoms with E-state index in [-0.39, 0.29) is 10.8 Å². The molecule has 2 rings (SSSR count). The van der Waals surface area contributed by atoms with Gasteiger partial charge in [0.15, 0.2) is 0 Å². The van der Waals surface area contributed by atoms with Gasteiger partial charge in [-0.15, -0.1) is 0 Å². The zero-order valence-electron chi connectivity index (χ0n) is 9.20. The Bertz CT molecular complexity index is 549. The van der Waals surface area contributed by atoms with E-state index in [1.54, 1.807) is 6.07 Å². The first-order valence-corrected chi connectivity index (χ1v) is 6.74. The van der Waals surface area contributed by atoms with Gasteiger partial charge in [0, 0.05) is 10.0 Å². The molecule has 94 valence electrons. The third-order valence-corrected chi connectivity index (χ3v) is 4.20. The number of benzene rings is 2.